The van der Waals surface area contributed by atoms with Crippen molar-refractivity contribution in [3.63, 3.8) is 0 Å². The van der Waals surface area contributed by atoms with E-state index in [1.54, 1.807) is 12.1 Å². The van der Waals surface area contributed by atoms with E-state index in [9.17, 15) is 9.90 Å². The number of halogens is 1. The molecule has 0 bridgehead atoms. The molecule has 7 nitrogen and oxygen atoms in total. The van der Waals surface area contributed by atoms with Crippen LogP contribution in [0.2, 0.25) is 5.02 Å². The second kappa shape index (κ2) is 12.5. The molecular weight excluding hydrogens is 492 g/mol. The number of nitrogens with zero attached hydrogens (tertiary/aromatic N) is 1. The van der Waals surface area contributed by atoms with Gasteiger partial charge in [0, 0.05) is 36.5 Å². The Morgan fingerprint density at radius 3 is 2.65 bits per heavy atom. The number of carbonyl (C=O) groups excluding carboxylic acids is 1. The molecule has 1 heterocycles. The zero-order valence-electron chi connectivity index (χ0n) is 20.9. The summed E-state index contributed by atoms with van der Waals surface area (Å²) >= 11 is 6.18. The molecule has 0 saturated carbocycles. The Kier molecular flexibility index (Phi) is 8.93. The molecule has 3 aromatic carbocycles. The first-order valence-electron chi connectivity index (χ1n) is 12.1. The van der Waals surface area contributed by atoms with Crippen molar-refractivity contribution in [1.82, 2.24) is 4.90 Å². The molecule has 0 spiro atoms. The molecule has 2 N–H and O–H groups in total. The number of hydrogen-bond acceptors (Lipinski definition) is 6. The molecule has 8 heteroatoms. The average molecular weight is 523 g/mol. The first kappa shape index (κ1) is 26.4. The number of benzene rings is 3. The van der Waals surface area contributed by atoms with Crippen LogP contribution >= 0.6 is 11.6 Å². The first-order valence-corrected chi connectivity index (χ1v) is 12.5. The Bertz CT molecular complexity index is 1250. The number of ether oxygens (including phenoxy) is 3. The number of likely N-dealkylation sites (tertiary alicyclic amines) is 1. The summed E-state index contributed by atoms with van der Waals surface area (Å²) in [6.45, 7) is 2.35. The van der Waals surface area contributed by atoms with Crippen molar-refractivity contribution in [2.24, 2.45) is 0 Å². The summed E-state index contributed by atoms with van der Waals surface area (Å²) in [7, 11) is 3.57. The Balaban J connectivity index is 1.36. The van der Waals surface area contributed by atoms with Gasteiger partial charge in [0.15, 0.2) is 11.5 Å². The van der Waals surface area contributed by atoms with Crippen LogP contribution in [0.4, 0.5) is 5.69 Å². The van der Waals surface area contributed by atoms with E-state index >= 15 is 0 Å². The lowest BCUT2D eigenvalue weighted by Crippen LogP contribution is -2.35. The maximum atomic E-state index is 12.6. The molecule has 1 amide bonds. The van der Waals surface area contributed by atoms with Gasteiger partial charge >= 0.3 is 0 Å². The van der Waals surface area contributed by atoms with Crippen LogP contribution in [0.25, 0.3) is 6.08 Å². The number of carbonyl (C=O) groups is 1. The molecule has 4 rings (SSSR count). The highest BCUT2D eigenvalue weighted by Crippen LogP contribution is 2.36. The second-order valence-corrected chi connectivity index (χ2v) is 9.26. The average Bonchev–Trinajstić information content (AvgIpc) is 2.90. The van der Waals surface area contributed by atoms with Crippen LogP contribution in [-0.4, -0.2) is 49.3 Å². The first-order chi connectivity index (χ1) is 17.9. The number of para-hydroxylation sites is 1. The quantitative estimate of drug-likeness (QED) is 0.348. The van der Waals surface area contributed by atoms with E-state index in [-0.39, 0.29) is 35.1 Å². The fourth-order valence-electron chi connectivity index (χ4n) is 4.06. The summed E-state index contributed by atoms with van der Waals surface area (Å²) in [4.78, 5) is 14.9. The van der Waals surface area contributed by atoms with E-state index in [1.807, 2.05) is 48.5 Å². The molecule has 0 aliphatic carbocycles. The summed E-state index contributed by atoms with van der Waals surface area (Å²) in [5.74, 6) is 1.24. The third-order valence-electron chi connectivity index (χ3n) is 6.19. The molecule has 1 aliphatic heterocycles. The second-order valence-electron chi connectivity index (χ2n) is 8.88. The lowest BCUT2D eigenvalue weighted by Gasteiger charge is -2.29. The molecule has 1 fully saturated rings. The molecule has 0 atom stereocenters. The standard InChI is InChI=1S/C29H31ClN2O5/c1-32-16-14-22(15-17-32)37-24-8-5-7-23(18-24)36-19-21-6-3-4-9-25(21)31-27(33)13-11-20-10-12-26(35-2)29(34)28(20)30/h3-13,18,22,34H,14-17,19H2,1-2H3,(H,31,33). The van der Waals surface area contributed by atoms with Gasteiger partial charge in [0.2, 0.25) is 5.91 Å². The number of rotatable bonds is 9. The van der Waals surface area contributed by atoms with Crippen molar-refractivity contribution in [3.05, 3.63) is 82.9 Å². The van der Waals surface area contributed by atoms with E-state index in [0.717, 1.165) is 37.2 Å². The van der Waals surface area contributed by atoms with Crippen LogP contribution in [0, 0.1) is 0 Å². The Morgan fingerprint density at radius 2 is 1.86 bits per heavy atom. The lowest BCUT2D eigenvalue weighted by molar-refractivity contribution is -0.111. The SMILES string of the molecule is COc1ccc(C=CC(=O)Nc2ccccc2COc2cccc(OC3CCN(C)CC3)c2)c(Cl)c1O. The van der Waals surface area contributed by atoms with Gasteiger partial charge in [-0.05, 0) is 61.9 Å². The minimum absolute atomic E-state index is 0.110. The van der Waals surface area contributed by atoms with Crippen molar-refractivity contribution < 1.29 is 24.1 Å². The van der Waals surface area contributed by atoms with Gasteiger partial charge < -0.3 is 29.5 Å². The number of phenolic OH excluding ortho intramolecular Hbond substituents is 1. The van der Waals surface area contributed by atoms with Crippen LogP contribution in [-0.2, 0) is 11.4 Å². The summed E-state index contributed by atoms with van der Waals surface area (Å²) in [5.41, 5.74) is 1.96. The highest BCUT2D eigenvalue weighted by atomic mass is 35.5. The molecular formula is C29H31ClN2O5. The van der Waals surface area contributed by atoms with E-state index in [0.29, 0.717) is 17.0 Å². The predicted molar refractivity (Wildman–Crippen MR) is 146 cm³/mol. The molecule has 0 unspecified atom stereocenters. The van der Waals surface area contributed by atoms with Gasteiger partial charge in [-0.3, -0.25) is 4.79 Å². The van der Waals surface area contributed by atoms with Crippen LogP contribution in [0.3, 0.4) is 0 Å². The topological polar surface area (TPSA) is 80.3 Å². The van der Waals surface area contributed by atoms with Crippen LogP contribution in [0.5, 0.6) is 23.0 Å². The number of nitrogens with one attached hydrogen (secondary N) is 1. The monoisotopic (exact) mass is 522 g/mol. The largest absolute Gasteiger partial charge is 0.503 e. The van der Waals surface area contributed by atoms with Crippen LogP contribution in [0.1, 0.15) is 24.0 Å². The minimum atomic E-state index is -0.340. The molecule has 3 aromatic rings. The molecule has 0 aromatic heterocycles. The third-order valence-corrected chi connectivity index (χ3v) is 6.58. The molecule has 1 saturated heterocycles. The highest BCUT2D eigenvalue weighted by Gasteiger charge is 2.18. The number of aromatic hydroxyl groups is 1. The Labute approximate surface area is 222 Å². The maximum absolute atomic E-state index is 12.6. The fourth-order valence-corrected chi connectivity index (χ4v) is 4.28. The molecule has 37 heavy (non-hydrogen) atoms. The minimum Gasteiger partial charge on any atom is -0.503 e. The van der Waals surface area contributed by atoms with Crippen molar-refractivity contribution >= 4 is 29.3 Å². The molecule has 1 aliphatic rings. The van der Waals surface area contributed by atoms with Gasteiger partial charge in [0.1, 0.15) is 24.2 Å². The zero-order chi connectivity index (χ0) is 26.2. The summed E-state index contributed by atoms with van der Waals surface area (Å²) in [5, 5.41) is 13.1. The lowest BCUT2D eigenvalue weighted by atomic mass is 10.1. The van der Waals surface area contributed by atoms with Crippen molar-refractivity contribution in [2.75, 3.05) is 32.6 Å². The normalized spacial score (nSPS) is 14.5. The van der Waals surface area contributed by atoms with Crippen LogP contribution < -0.4 is 19.5 Å². The van der Waals surface area contributed by atoms with Gasteiger partial charge in [-0.15, -0.1) is 0 Å². The number of phenols is 1. The van der Waals surface area contributed by atoms with E-state index in [4.69, 9.17) is 25.8 Å². The smallest absolute Gasteiger partial charge is 0.248 e. The fraction of sp³-hybridized carbons (Fsp3) is 0.276. The Morgan fingerprint density at radius 1 is 1.11 bits per heavy atom. The number of anilines is 1. The molecule has 194 valence electrons. The third kappa shape index (κ3) is 7.18. The maximum Gasteiger partial charge on any atom is 0.248 e. The van der Waals surface area contributed by atoms with Gasteiger partial charge in [-0.25, -0.2) is 0 Å². The highest BCUT2D eigenvalue weighted by molar-refractivity contribution is 6.33. The van der Waals surface area contributed by atoms with Gasteiger partial charge in [0.25, 0.3) is 0 Å². The number of amides is 1. The summed E-state index contributed by atoms with van der Waals surface area (Å²) in [6, 6.07) is 18.3. The van der Waals surface area contributed by atoms with Crippen molar-refractivity contribution in [3.8, 4) is 23.0 Å². The predicted octanol–water partition coefficient (Wildman–Crippen LogP) is 5.76. The van der Waals surface area contributed by atoms with E-state index in [1.165, 1.54) is 19.3 Å². The summed E-state index contributed by atoms with van der Waals surface area (Å²) in [6.07, 6.45) is 5.12. The number of methoxy groups -OCH3 is 1. The van der Waals surface area contributed by atoms with E-state index < -0.39 is 0 Å². The number of hydrogen-bond donors (Lipinski definition) is 2. The van der Waals surface area contributed by atoms with Crippen molar-refractivity contribution in [1.29, 1.82) is 0 Å². The zero-order valence-corrected chi connectivity index (χ0v) is 21.7. The van der Waals surface area contributed by atoms with E-state index in [2.05, 4.69) is 17.3 Å². The van der Waals surface area contributed by atoms with Crippen molar-refractivity contribution in [2.45, 2.75) is 25.6 Å². The van der Waals surface area contributed by atoms with Gasteiger partial charge in [-0.2, -0.15) is 0 Å². The van der Waals surface area contributed by atoms with Crippen LogP contribution in [0.15, 0.2) is 66.7 Å². The van der Waals surface area contributed by atoms with Gasteiger partial charge in [0.05, 0.1) is 12.1 Å². The number of piperidine rings is 1. The van der Waals surface area contributed by atoms with Gasteiger partial charge in [-0.1, -0.05) is 35.9 Å². The molecule has 0 radical (unpaired) electrons. The Hall–Kier alpha value is -3.68. The summed E-state index contributed by atoms with van der Waals surface area (Å²) < 4.78 is 17.2.